The quantitative estimate of drug-likeness (QED) is 0.910. The van der Waals surface area contributed by atoms with Gasteiger partial charge in [0.25, 0.3) is 0 Å². The smallest absolute Gasteiger partial charge is 0.246 e. The first-order chi connectivity index (χ1) is 9.05. The highest BCUT2D eigenvalue weighted by atomic mass is 32.2. The van der Waals surface area contributed by atoms with Crippen LogP contribution in [-0.4, -0.2) is 44.4 Å². The molecule has 0 atom stereocenters. The van der Waals surface area contributed by atoms with Gasteiger partial charge in [-0.2, -0.15) is 16.1 Å². The SMILES string of the molecule is CNCc1ccc(S(=O)(=O)N2CCSCC2)c(F)c1. The van der Waals surface area contributed by atoms with Crippen molar-refractivity contribution in [1.29, 1.82) is 0 Å². The average Bonchev–Trinajstić information content (AvgIpc) is 2.40. The van der Waals surface area contributed by atoms with Crippen molar-refractivity contribution in [2.45, 2.75) is 11.4 Å². The molecule has 1 fully saturated rings. The van der Waals surface area contributed by atoms with Crippen molar-refractivity contribution < 1.29 is 12.8 Å². The molecular weight excluding hydrogens is 287 g/mol. The molecule has 1 aromatic carbocycles. The Morgan fingerprint density at radius 1 is 1.37 bits per heavy atom. The Bertz CT molecular complexity index is 543. The number of nitrogens with zero attached hydrogens (tertiary/aromatic N) is 1. The summed E-state index contributed by atoms with van der Waals surface area (Å²) in [4.78, 5) is -0.223. The third kappa shape index (κ3) is 3.28. The number of nitrogens with one attached hydrogen (secondary N) is 1. The number of thioether (sulfide) groups is 1. The molecule has 0 aliphatic carbocycles. The molecule has 0 bridgehead atoms. The van der Waals surface area contributed by atoms with Crippen molar-refractivity contribution in [3.63, 3.8) is 0 Å². The summed E-state index contributed by atoms with van der Waals surface area (Å²) in [6.45, 7) is 1.41. The molecule has 0 spiro atoms. The first-order valence-corrected chi connectivity index (χ1v) is 8.66. The second-order valence-corrected chi connectivity index (χ2v) is 7.44. The van der Waals surface area contributed by atoms with Gasteiger partial charge in [-0.25, -0.2) is 12.8 Å². The standard InChI is InChI=1S/C12H17FN2O2S2/c1-14-9-10-2-3-12(11(13)8-10)19(16,17)15-4-6-18-7-5-15/h2-3,8,14H,4-7,9H2,1H3. The van der Waals surface area contributed by atoms with E-state index in [-0.39, 0.29) is 4.90 Å². The maximum absolute atomic E-state index is 14.0. The summed E-state index contributed by atoms with van der Waals surface area (Å²) >= 11 is 1.72. The van der Waals surface area contributed by atoms with E-state index >= 15 is 0 Å². The van der Waals surface area contributed by atoms with E-state index < -0.39 is 15.8 Å². The van der Waals surface area contributed by atoms with Crippen LogP contribution < -0.4 is 5.32 Å². The summed E-state index contributed by atoms with van der Waals surface area (Å²) in [5, 5.41) is 2.90. The fourth-order valence-corrected chi connectivity index (χ4v) is 4.61. The minimum Gasteiger partial charge on any atom is -0.316 e. The van der Waals surface area contributed by atoms with Gasteiger partial charge in [-0.05, 0) is 24.7 Å². The predicted molar refractivity (Wildman–Crippen MR) is 75.2 cm³/mol. The fourth-order valence-electron chi connectivity index (χ4n) is 1.99. The molecule has 0 amide bonds. The Morgan fingerprint density at radius 2 is 2.05 bits per heavy atom. The second kappa shape index (κ2) is 6.21. The lowest BCUT2D eigenvalue weighted by atomic mass is 10.2. The van der Waals surface area contributed by atoms with E-state index in [1.807, 2.05) is 0 Å². The van der Waals surface area contributed by atoms with Crippen LogP contribution in [0.2, 0.25) is 0 Å². The molecule has 1 N–H and O–H groups in total. The third-order valence-electron chi connectivity index (χ3n) is 2.97. The molecule has 0 radical (unpaired) electrons. The van der Waals surface area contributed by atoms with Crippen LogP contribution in [0.3, 0.4) is 0 Å². The van der Waals surface area contributed by atoms with E-state index in [2.05, 4.69) is 5.32 Å². The van der Waals surface area contributed by atoms with Crippen LogP contribution in [0.15, 0.2) is 23.1 Å². The van der Waals surface area contributed by atoms with Gasteiger partial charge in [-0.3, -0.25) is 0 Å². The van der Waals surface area contributed by atoms with Crippen molar-refractivity contribution in [2.75, 3.05) is 31.6 Å². The number of hydrogen-bond donors (Lipinski definition) is 1. The van der Waals surface area contributed by atoms with Crippen molar-refractivity contribution in [3.05, 3.63) is 29.6 Å². The molecule has 7 heteroatoms. The molecule has 0 aromatic heterocycles. The van der Waals surface area contributed by atoms with Gasteiger partial charge in [-0.1, -0.05) is 6.07 Å². The Hall–Kier alpha value is -0.630. The van der Waals surface area contributed by atoms with Crippen LogP contribution in [-0.2, 0) is 16.6 Å². The molecule has 0 saturated carbocycles. The van der Waals surface area contributed by atoms with Crippen molar-refractivity contribution in [1.82, 2.24) is 9.62 Å². The van der Waals surface area contributed by atoms with E-state index in [1.54, 1.807) is 24.9 Å². The van der Waals surface area contributed by atoms with Gasteiger partial charge in [-0.15, -0.1) is 0 Å². The monoisotopic (exact) mass is 304 g/mol. The number of benzene rings is 1. The summed E-state index contributed by atoms with van der Waals surface area (Å²) in [6, 6.07) is 4.28. The van der Waals surface area contributed by atoms with Gasteiger partial charge in [0, 0.05) is 31.1 Å². The topological polar surface area (TPSA) is 49.4 Å². The largest absolute Gasteiger partial charge is 0.316 e. The molecule has 106 valence electrons. The van der Waals surface area contributed by atoms with Gasteiger partial charge in [0.05, 0.1) is 0 Å². The summed E-state index contributed by atoms with van der Waals surface area (Å²) in [7, 11) is -1.94. The zero-order valence-corrected chi connectivity index (χ0v) is 12.4. The van der Waals surface area contributed by atoms with Crippen LogP contribution in [0.5, 0.6) is 0 Å². The highest BCUT2D eigenvalue weighted by molar-refractivity contribution is 7.99. The summed E-state index contributed by atoms with van der Waals surface area (Å²) < 4.78 is 40.0. The highest BCUT2D eigenvalue weighted by Gasteiger charge is 2.28. The van der Waals surface area contributed by atoms with E-state index in [1.165, 1.54) is 16.4 Å². The van der Waals surface area contributed by atoms with E-state index in [0.717, 1.165) is 17.1 Å². The predicted octanol–water partition coefficient (Wildman–Crippen LogP) is 1.28. The fraction of sp³-hybridized carbons (Fsp3) is 0.500. The van der Waals surface area contributed by atoms with Crippen molar-refractivity contribution in [3.8, 4) is 0 Å². The van der Waals surface area contributed by atoms with Crippen LogP contribution >= 0.6 is 11.8 Å². The van der Waals surface area contributed by atoms with Crippen LogP contribution in [0.25, 0.3) is 0 Å². The average molecular weight is 304 g/mol. The summed E-state index contributed by atoms with van der Waals surface area (Å²) in [6.07, 6.45) is 0. The number of rotatable bonds is 4. The Kier molecular flexibility index (Phi) is 4.83. The van der Waals surface area contributed by atoms with Crippen molar-refractivity contribution >= 4 is 21.8 Å². The second-order valence-electron chi connectivity index (χ2n) is 4.31. The molecule has 2 rings (SSSR count). The molecule has 1 aliphatic heterocycles. The molecule has 1 heterocycles. The molecule has 19 heavy (non-hydrogen) atoms. The van der Waals surface area contributed by atoms with Gasteiger partial charge in [0.2, 0.25) is 10.0 Å². The normalized spacial score (nSPS) is 17.6. The summed E-state index contributed by atoms with van der Waals surface area (Å²) in [5.74, 6) is 0.850. The Morgan fingerprint density at radius 3 is 2.63 bits per heavy atom. The molecule has 0 unspecified atom stereocenters. The molecule has 1 saturated heterocycles. The minimum atomic E-state index is -3.70. The first-order valence-electron chi connectivity index (χ1n) is 6.06. The molecule has 1 aromatic rings. The first kappa shape index (κ1) is 14.8. The van der Waals surface area contributed by atoms with E-state index in [4.69, 9.17) is 0 Å². The Labute approximate surface area is 117 Å². The molecular formula is C12H17FN2O2S2. The highest BCUT2D eigenvalue weighted by Crippen LogP contribution is 2.23. The third-order valence-corrected chi connectivity index (χ3v) is 5.84. The van der Waals surface area contributed by atoms with Gasteiger partial charge < -0.3 is 5.32 Å². The molecule has 1 aliphatic rings. The van der Waals surface area contributed by atoms with Gasteiger partial charge in [0.15, 0.2) is 0 Å². The number of sulfonamides is 1. The lowest BCUT2D eigenvalue weighted by molar-refractivity contribution is 0.438. The van der Waals surface area contributed by atoms with Gasteiger partial charge >= 0.3 is 0 Å². The van der Waals surface area contributed by atoms with E-state index in [9.17, 15) is 12.8 Å². The molecule has 4 nitrogen and oxygen atoms in total. The zero-order valence-electron chi connectivity index (χ0n) is 10.7. The van der Waals surface area contributed by atoms with Gasteiger partial charge in [0.1, 0.15) is 10.7 Å². The van der Waals surface area contributed by atoms with Crippen molar-refractivity contribution in [2.24, 2.45) is 0 Å². The Balaban J connectivity index is 2.29. The minimum absolute atomic E-state index is 0.223. The van der Waals surface area contributed by atoms with Crippen LogP contribution in [0.1, 0.15) is 5.56 Å². The lowest BCUT2D eigenvalue weighted by Gasteiger charge is -2.25. The lowest BCUT2D eigenvalue weighted by Crippen LogP contribution is -2.38. The van der Waals surface area contributed by atoms with E-state index in [0.29, 0.717) is 19.6 Å². The zero-order chi connectivity index (χ0) is 13.9. The van der Waals surface area contributed by atoms with Crippen LogP contribution in [0.4, 0.5) is 4.39 Å². The maximum atomic E-state index is 14.0. The number of halogens is 1. The number of hydrogen-bond acceptors (Lipinski definition) is 4. The maximum Gasteiger partial charge on any atom is 0.246 e. The summed E-state index contributed by atoms with van der Waals surface area (Å²) in [5.41, 5.74) is 0.730. The van der Waals surface area contributed by atoms with Crippen LogP contribution in [0, 0.1) is 5.82 Å².